The number of nitrogens with zero attached hydrogens (tertiary/aromatic N) is 2. The molecule has 1 aromatic carbocycles. The molecule has 0 bridgehead atoms. The molecule has 1 aromatic rings. The number of carbonyl (C=O) groups is 1. The second-order valence-electron chi connectivity index (χ2n) is 2.90. The van der Waals surface area contributed by atoms with Gasteiger partial charge in [0, 0.05) is 0 Å². The largest absolute Gasteiger partial charge is 0.452 e. The number of esters is 1. The summed E-state index contributed by atoms with van der Waals surface area (Å²) in [6.45, 7) is -1.20. The van der Waals surface area contributed by atoms with Crippen LogP contribution >= 0.6 is 0 Å². The normalized spacial score (nSPS) is 9.83. The number of halogens is 5. The average Bonchev–Trinajstić information content (AvgIpc) is 2.34. The molecular formula is C9H3F5N2O2. The lowest BCUT2D eigenvalue weighted by Gasteiger charge is -2.07. The predicted molar refractivity (Wildman–Crippen MR) is 45.7 cm³/mol. The minimum atomic E-state index is -2.31. The molecule has 0 aromatic heterocycles. The van der Waals surface area contributed by atoms with Crippen LogP contribution in [0.2, 0.25) is 0 Å². The molecule has 0 atom stereocenters. The van der Waals surface area contributed by atoms with Crippen molar-refractivity contribution in [3.8, 4) is 0 Å². The summed E-state index contributed by atoms with van der Waals surface area (Å²) in [7, 11) is 0. The Morgan fingerprint density at radius 3 is 1.94 bits per heavy atom. The van der Waals surface area contributed by atoms with Crippen LogP contribution in [-0.4, -0.2) is 17.0 Å². The zero-order valence-electron chi connectivity index (χ0n) is 8.39. The standard InChI is InChI=1S/C9H3F5N2O2/c10-5-3(2-18-4(17)1-16-15)6(11)8(13)9(14)7(5)12/h1H,2H2. The van der Waals surface area contributed by atoms with Crippen molar-refractivity contribution in [1.29, 1.82) is 0 Å². The highest BCUT2D eigenvalue weighted by Crippen LogP contribution is 2.23. The van der Waals surface area contributed by atoms with Crippen LogP contribution in [0.4, 0.5) is 22.0 Å². The monoisotopic (exact) mass is 266 g/mol. The summed E-state index contributed by atoms with van der Waals surface area (Å²) in [5.74, 6) is -12.1. The highest BCUT2D eigenvalue weighted by molar-refractivity contribution is 6.20. The number of hydrogen-bond donors (Lipinski definition) is 0. The summed E-state index contributed by atoms with van der Waals surface area (Å²) in [6, 6.07) is 0. The van der Waals surface area contributed by atoms with E-state index in [2.05, 4.69) is 9.53 Å². The van der Waals surface area contributed by atoms with Gasteiger partial charge in [0.15, 0.2) is 23.3 Å². The molecule has 0 amide bonds. The van der Waals surface area contributed by atoms with Crippen LogP contribution in [-0.2, 0) is 16.1 Å². The SMILES string of the molecule is [N-]=[N+]=CC(=O)OCc1c(F)c(F)c(F)c(F)c1F. The van der Waals surface area contributed by atoms with Gasteiger partial charge in [0.1, 0.15) is 6.61 Å². The minimum Gasteiger partial charge on any atom is -0.452 e. The fourth-order valence-corrected chi connectivity index (χ4v) is 1.00. The molecule has 4 nitrogen and oxygen atoms in total. The highest BCUT2D eigenvalue weighted by Gasteiger charge is 2.26. The van der Waals surface area contributed by atoms with Crippen molar-refractivity contribution >= 4 is 12.2 Å². The number of ether oxygens (including phenoxy) is 1. The second-order valence-corrected chi connectivity index (χ2v) is 2.90. The van der Waals surface area contributed by atoms with Crippen molar-refractivity contribution in [3.63, 3.8) is 0 Å². The van der Waals surface area contributed by atoms with Crippen molar-refractivity contribution in [1.82, 2.24) is 0 Å². The van der Waals surface area contributed by atoms with Crippen molar-refractivity contribution in [2.45, 2.75) is 6.61 Å². The fraction of sp³-hybridized carbons (Fsp3) is 0.111. The molecule has 0 spiro atoms. The van der Waals surface area contributed by atoms with Crippen molar-refractivity contribution in [2.24, 2.45) is 0 Å². The lowest BCUT2D eigenvalue weighted by molar-refractivity contribution is -0.140. The van der Waals surface area contributed by atoms with Crippen molar-refractivity contribution in [3.05, 3.63) is 40.2 Å². The number of carbonyl (C=O) groups excluding carboxylic acids is 1. The van der Waals surface area contributed by atoms with Gasteiger partial charge in [0.25, 0.3) is 0 Å². The quantitative estimate of drug-likeness (QED) is 0.159. The van der Waals surface area contributed by atoms with E-state index in [0.717, 1.165) is 0 Å². The number of hydrogen-bond acceptors (Lipinski definition) is 2. The lowest BCUT2D eigenvalue weighted by Crippen LogP contribution is -2.12. The molecule has 0 aliphatic rings. The predicted octanol–water partition coefficient (Wildman–Crippen LogP) is 1.73. The van der Waals surface area contributed by atoms with Crippen LogP contribution in [0.25, 0.3) is 5.53 Å². The molecule has 18 heavy (non-hydrogen) atoms. The topological polar surface area (TPSA) is 62.7 Å². The van der Waals surface area contributed by atoms with E-state index >= 15 is 0 Å². The van der Waals surface area contributed by atoms with Crippen molar-refractivity contribution < 1.29 is 36.3 Å². The third-order valence-electron chi connectivity index (χ3n) is 1.82. The zero-order valence-corrected chi connectivity index (χ0v) is 8.39. The van der Waals surface area contributed by atoms with Gasteiger partial charge in [-0.05, 0) is 0 Å². The molecule has 0 radical (unpaired) electrons. The van der Waals surface area contributed by atoms with E-state index in [4.69, 9.17) is 5.53 Å². The lowest BCUT2D eigenvalue weighted by atomic mass is 10.2. The van der Waals surface area contributed by atoms with E-state index < -0.39 is 47.2 Å². The average molecular weight is 266 g/mol. The van der Waals surface area contributed by atoms with E-state index in [9.17, 15) is 26.7 Å². The Labute approximate surface area is 96.2 Å². The minimum absolute atomic E-state index is 0.242. The number of rotatable bonds is 3. The van der Waals surface area contributed by atoms with Crippen LogP contribution < -0.4 is 0 Å². The molecule has 0 N–H and O–H groups in total. The molecular weight excluding hydrogens is 263 g/mol. The summed E-state index contributed by atoms with van der Waals surface area (Å²) >= 11 is 0. The van der Waals surface area contributed by atoms with Gasteiger partial charge in [-0.25, -0.2) is 26.7 Å². The molecule has 0 aliphatic heterocycles. The Morgan fingerprint density at radius 1 is 1.06 bits per heavy atom. The first-order valence-electron chi connectivity index (χ1n) is 4.24. The summed E-state index contributed by atoms with van der Waals surface area (Å²) < 4.78 is 68.2. The Kier molecular flexibility index (Phi) is 4.11. The maximum absolute atomic E-state index is 13.0. The van der Waals surface area contributed by atoms with Gasteiger partial charge in [-0.1, -0.05) is 0 Å². The maximum Gasteiger partial charge on any atom is 0.413 e. The van der Waals surface area contributed by atoms with Gasteiger partial charge in [-0.15, -0.1) is 0 Å². The zero-order chi connectivity index (χ0) is 13.9. The molecule has 0 aliphatic carbocycles. The first-order chi connectivity index (χ1) is 8.40. The number of benzene rings is 1. The van der Waals surface area contributed by atoms with E-state index in [1.165, 1.54) is 0 Å². The van der Waals surface area contributed by atoms with Crippen molar-refractivity contribution in [2.75, 3.05) is 0 Å². The van der Waals surface area contributed by atoms with Crippen LogP contribution in [0.3, 0.4) is 0 Å². The summed E-state index contributed by atoms with van der Waals surface area (Å²) in [5.41, 5.74) is 6.62. The first-order valence-corrected chi connectivity index (χ1v) is 4.24. The first kappa shape index (κ1) is 13.8. The van der Waals surface area contributed by atoms with Crippen LogP contribution in [0, 0.1) is 29.1 Å². The van der Waals surface area contributed by atoms with E-state index in [-0.39, 0.29) is 6.21 Å². The summed E-state index contributed by atoms with van der Waals surface area (Å²) in [4.78, 5) is 12.9. The molecule has 0 fully saturated rings. The summed E-state index contributed by atoms with van der Waals surface area (Å²) in [6.07, 6.45) is 0.242. The Morgan fingerprint density at radius 2 is 1.50 bits per heavy atom. The van der Waals surface area contributed by atoms with E-state index in [0.29, 0.717) is 0 Å². The third kappa shape index (κ3) is 2.51. The van der Waals surface area contributed by atoms with Gasteiger partial charge in [-0.2, -0.15) is 4.79 Å². The molecule has 1 rings (SSSR count). The van der Waals surface area contributed by atoms with Gasteiger partial charge in [0.05, 0.1) is 5.56 Å². The smallest absolute Gasteiger partial charge is 0.413 e. The molecule has 0 unspecified atom stereocenters. The Balaban J connectivity index is 3.10. The van der Waals surface area contributed by atoms with Gasteiger partial charge in [-0.3, -0.25) is 0 Å². The van der Waals surface area contributed by atoms with Crippen LogP contribution in [0.15, 0.2) is 0 Å². The highest BCUT2D eigenvalue weighted by atomic mass is 19.2. The van der Waals surface area contributed by atoms with Gasteiger partial charge < -0.3 is 10.3 Å². The van der Waals surface area contributed by atoms with Crippen LogP contribution in [0.5, 0.6) is 0 Å². The van der Waals surface area contributed by atoms with Crippen LogP contribution in [0.1, 0.15) is 5.56 Å². The van der Waals surface area contributed by atoms with E-state index in [1.54, 1.807) is 0 Å². The molecule has 9 heteroatoms. The molecule has 96 valence electrons. The van der Waals surface area contributed by atoms with E-state index in [1.807, 2.05) is 0 Å². The fourth-order valence-electron chi connectivity index (χ4n) is 1.00. The maximum atomic E-state index is 13.0. The molecule has 0 saturated heterocycles. The van der Waals surface area contributed by atoms with Gasteiger partial charge in [0.2, 0.25) is 5.82 Å². The Hall–Kier alpha value is -2.28. The van der Waals surface area contributed by atoms with Gasteiger partial charge >= 0.3 is 12.2 Å². The Bertz CT molecular complexity index is 525. The third-order valence-corrected chi connectivity index (χ3v) is 1.82. The molecule has 0 saturated carbocycles. The summed E-state index contributed by atoms with van der Waals surface area (Å²) in [5, 5.41) is 0. The molecule has 0 heterocycles. The second kappa shape index (κ2) is 5.37.